The van der Waals surface area contributed by atoms with Crippen LogP contribution < -0.4 is 15.5 Å². The molecule has 4 heterocycles. The van der Waals surface area contributed by atoms with Crippen molar-refractivity contribution < 1.29 is 19.5 Å². The summed E-state index contributed by atoms with van der Waals surface area (Å²) in [6.07, 6.45) is 2.02. The summed E-state index contributed by atoms with van der Waals surface area (Å²) in [7, 11) is 0. The molecule has 2 aromatic heterocycles. The number of halogens is 1. The molecular weight excluding hydrogens is 510 g/mol. The van der Waals surface area contributed by atoms with E-state index in [4.69, 9.17) is 0 Å². The number of carbonyl (C=O) groups is 3. The molecule has 9 nitrogen and oxygen atoms in total. The molecule has 0 saturated carbocycles. The van der Waals surface area contributed by atoms with Crippen LogP contribution in [0.25, 0.3) is 10.2 Å². The monoisotopic (exact) mass is 529 g/mol. The number of aryl methyl sites for hydroxylation is 1. The maximum atomic E-state index is 13.2. The highest BCUT2D eigenvalue weighted by Crippen LogP contribution is 2.46. The second-order valence-corrected chi connectivity index (χ2v) is 9.97. The van der Waals surface area contributed by atoms with Crippen LogP contribution in [-0.2, 0) is 0 Å². The van der Waals surface area contributed by atoms with E-state index in [0.717, 1.165) is 15.7 Å². The number of urea groups is 1. The van der Waals surface area contributed by atoms with Crippen molar-refractivity contribution >= 4 is 72.6 Å². The number of hydrogen-bond acceptors (Lipinski definition) is 5. The SMILES string of the molecule is Cc1ccc(Br)cc1N1C(=O)Nc2c(C(=O)NC3CCCN(C(=O)O)C3)sc3nccc1c23. The fourth-order valence-corrected chi connectivity index (χ4v) is 5.70. The zero-order valence-corrected chi connectivity index (χ0v) is 20.0. The number of likely N-dealkylation sites (tertiary alicyclic amines) is 1. The van der Waals surface area contributed by atoms with Gasteiger partial charge in [-0.2, -0.15) is 0 Å². The van der Waals surface area contributed by atoms with Gasteiger partial charge in [0.15, 0.2) is 0 Å². The van der Waals surface area contributed by atoms with E-state index >= 15 is 0 Å². The average molecular weight is 530 g/mol. The number of piperidine rings is 1. The number of pyridine rings is 1. The van der Waals surface area contributed by atoms with E-state index in [-0.39, 0.29) is 24.5 Å². The van der Waals surface area contributed by atoms with Crippen LogP contribution in [0.4, 0.5) is 26.7 Å². The van der Waals surface area contributed by atoms with Crippen LogP contribution >= 0.6 is 27.3 Å². The van der Waals surface area contributed by atoms with Crippen molar-refractivity contribution in [2.24, 2.45) is 0 Å². The Morgan fingerprint density at radius 1 is 1.30 bits per heavy atom. The molecule has 0 aliphatic carbocycles. The third kappa shape index (κ3) is 3.80. The van der Waals surface area contributed by atoms with Crippen LogP contribution in [-0.4, -0.2) is 52.2 Å². The molecule has 1 unspecified atom stereocenters. The Hall–Kier alpha value is -3.18. The van der Waals surface area contributed by atoms with Crippen LogP contribution in [0.15, 0.2) is 34.9 Å². The normalized spacial score (nSPS) is 17.8. The van der Waals surface area contributed by atoms with Crippen molar-refractivity contribution in [1.82, 2.24) is 15.2 Å². The molecule has 170 valence electrons. The number of benzene rings is 1. The van der Waals surface area contributed by atoms with Crippen molar-refractivity contribution in [2.45, 2.75) is 25.8 Å². The molecule has 1 saturated heterocycles. The summed E-state index contributed by atoms with van der Waals surface area (Å²) >= 11 is 4.68. The third-order valence-corrected chi connectivity index (χ3v) is 7.48. The van der Waals surface area contributed by atoms with E-state index < -0.39 is 6.09 Å². The van der Waals surface area contributed by atoms with Crippen LogP contribution in [0, 0.1) is 6.92 Å². The average Bonchev–Trinajstić information content (AvgIpc) is 3.16. The van der Waals surface area contributed by atoms with E-state index in [2.05, 4.69) is 31.5 Å². The Labute approximate surface area is 201 Å². The maximum absolute atomic E-state index is 13.2. The fourth-order valence-electron chi connectivity index (χ4n) is 4.33. The van der Waals surface area contributed by atoms with E-state index in [1.54, 1.807) is 17.2 Å². The summed E-state index contributed by atoms with van der Waals surface area (Å²) in [6, 6.07) is 6.84. The Kier molecular flexibility index (Phi) is 5.45. The number of rotatable bonds is 3. The molecule has 3 N–H and O–H groups in total. The molecule has 0 radical (unpaired) electrons. The van der Waals surface area contributed by atoms with Gasteiger partial charge in [-0.3, -0.25) is 9.69 Å². The summed E-state index contributed by atoms with van der Waals surface area (Å²) in [4.78, 5) is 46.0. The Morgan fingerprint density at radius 2 is 2.12 bits per heavy atom. The summed E-state index contributed by atoms with van der Waals surface area (Å²) in [6.45, 7) is 2.64. The minimum absolute atomic E-state index is 0.243. The lowest BCUT2D eigenvalue weighted by atomic mass is 10.1. The molecule has 0 bridgehead atoms. The highest BCUT2D eigenvalue weighted by atomic mass is 79.9. The molecule has 2 aliphatic rings. The van der Waals surface area contributed by atoms with Crippen molar-refractivity contribution in [3.8, 4) is 0 Å². The van der Waals surface area contributed by atoms with Crippen molar-refractivity contribution in [2.75, 3.05) is 23.3 Å². The van der Waals surface area contributed by atoms with Crippen LogP contribution in [0.1, 0.15) is 28.1 Å². The van der Waals surface area contributed by atoms with E-state index in [1.165, 1.54) is 16.2 Å². The first-order chi connectivity index (χ1) is 15.8. The molecule has 2 aliphatic heterocycles. The second kappa shape index (κ2) is 8.31. The zero-order valence-electron chi connectivity index (χ0n) is 17.6. The van der Waals surface area contributed by atoms with Crippen molar-refractivity contribution in [1.29, 1.82) is 0 Å². The molecule has 3 aromatic rings. The topological polar surface area (TPSA) is 115 Å². The van der Waals surface area contributed by atoms with Gasteiger partial charge >= 0.3 is 12.1 Å². The number of aromatic nitrogens is 1. The lowest BCUT2D eigenvalue weighted by Gasteiger charge is -2.31. The van der Waals surface area contributed by atoms with Gasteiger partial charge in [0.1, 0.15) is 9.71 Å². The number of carboxylic acid groups (broad SMARTS) is 1. The number of carbonyl (C=O) groups excluding carboxylic acids is 2. The minimum atomic E-state index is -0.991. The van der Waals surface area contributed by atoms with Gasteiger partial charge in [0, 0.05) is 29.8 Å². The summed E-state index contributed by atoms with van der Waals surface area (Å²) < 4.78 is 0.847. The lowest BCUT2D eigenvalue weighted by Crippen LogP contribution is -2.49. The largest absolute Gasteiger partial charge is 0.465 e. The highest BCUT2D eigenvalue weighted by molar-refractivity contribution is 9.10. The van der Waals surface area contributed by atoms with Gasteiger partial charge < -0.3 is 20.6 Å². The van der Waals surface area contributed by atoms with Crippen molar-refractivity contribution in [3.63, 3.8) is 0 Å². The van der Waals surface area contributed by atoms with Gasteiger partial charge in [-0.25, -0.2) is 14.6 Å². The molecule has 1 aromatic carbocycles. The predicted octanol–water partition coefficient (Wildman–Crippen LogP) is 4.92. The molecule has 5 rings (SSSR count). The van der Waals surface area contributed by atoms with Crippen molar-refractivity contribution in [3.05, 3.63) is 45.4 Å². The quantitative estimate of drug-likeness (QED) is 0.445. The summed E-state index contributed by atoms with van der Waals surface area (Å²) in [5, 5.41) is 15.8. The highest BCUT2D eigenvalue weighted by Gasteiger charge is 2.34. The Morgan fingerprint density at radius 3 is 2.91 bits per heavy atom. The molecule has 4 amide bonds. The predicted molar refractivity (Wildman–Crippen MR) is 130 cm³/mol. The van der Waals surface area contributed by atoms with Gasteiger partial charge in [-0.05, 0) is 43.5 Å². The summed E-state index contributed by atoms with van der Waals surface area (Å²) in [5.41, 5.74) is 2.75. The minimum Gasteiger partial charge on any atom is -0.465 e. The fraction of sp³-hybridized carbons (Fsp3) is 0.273. The first kappa shape index (κ1) is 21.7. The van der Waals surface area contributed by atoms with Crippen LogP contribution in [0.2, 0.25) is 0 Å². The number of thiophene rings is 1. The summed E-state index contributed by atoms with van der Waals surface area (Å²) in [5.74, 6) is -0.344. The van der Waals surface area contributed by atoms with Gasteiger partial charge in [0.2, 0.25) is 0 Å². The standard InChI is InChI=1S/C22H20BrN5O4S/c1-11-4-5-12(23)9-15(11)28-14-6-7-24-20-16(14)17(26-21(28)30)18(33-20)19(29)25-13-3-2-8-27(10-13)22(31)32/h4-7,9,13H,2-3,8,10H2,1H3,(H,25,29)(H,26,30)(H,31,32). The number of hydrogen-bond donors (Lipinski definition) is 3. The van der Waals surface area contributed by atoms with Gasteiger partial charge in [0.25, 0.3) is 5.91 Å². The first-order valence-corrected chi connectivity index (χ1v) is 12.0. The third-order valence-electron chi connectivity index (χ3n) is 5.89. The molecule has 33 heavy (non-hydrogen) atoms. The van der Waals surface area contributed by atoms with Gasteiger partial charge in [0.05, 0.1) is 22.4 Å². The number of nitrogens with one attached hydrogen (secondary N) is 2. The second-order valence-electron chi connectivity index (χ2n) is 8.05. The molecule has 11 heteroatoms. The smallest absolute Gasteiger partial charge is 0.407 e. The zero-order chi connectivity index (χ0) is 23.3. The molecule has 1 atom stereocenters. The van der Waals surface area contributed by atoms with Gasteiger partial charge in [-0.1, -0.05) is 22.0 Å². The number of amides is 4. The number of anilines is 3. The number of nitrogens with zero attached hydrogens (tertiary/aromatic N) is 3. The first-order valence-electron chi connectivity index (χ1n) is 10.4. The maximum Gasteiger partial charge on any atom is 0.407 e. The van der Waals surface area contributed by atoms with Gasteiger partial charge in [-0.15, -0.1) is 11.3 Å². The Balaban J connectivity index is 1.52. The van der Waals surface area contributed by atoms with Crippen LogP contribution in [0.3, 0.4) is 0 Å². The van der Waals surface area contributed by atoms with E-state index in [1.807, 2.05) is 25.1 Å². The van der Waals surface area contributed by atoms with E-state index in [9.17, 15) is 19.5 Å². The molecule has 0 spiro atoms. The molecule has 1 fully saturated rings. The Bertz CT molecular complexity index is 1310. The van der Waals surface area contributed by atoms with E-state index in [0.29, 0.717) is 45.9 Å². The lowest BCUT2D eigenvalue weighted by molar-refractivity contribution is 0.0893. The van der Waals surface area contributed by atoms with Crippen LogP contribution in [0.5, 0.6) is 0 Å². The molecular formula is C22H20BrN5O4S.